The summed E-state index contributed by atoms with van der Waals surface area (Å²) in [7, 11) is 0. The maximum Gasteiger partial charge on any atom is 0.328 e. The predicted octanol–water partition coefficient (Wildman–Crippen LogP) is 3.58. The van der Waals surface area contributed by atoms with Crippen LogP contribution in [0.2, 0.25) is 0 Å². The summed E-state index contributed by atoms with van der Waals surface area (Å²) in [5.74, 6) is -1.23. The van der Waals surface area contributed by atoms with Crippen LogP contribution < -0.4 is 4.74 Å². The number of nitrogens with zero attached hydrogens (tertiary/aromatic N) is 1. The third kappa shape index (κ3) is 4.39. The predicted molar refractivity (Wildman–Crippen MR) is 79.0 cm³/mol. The van der Waals surface area contributed by atoms with E-state index in [0.29, 0.717) is 11.3 Å². The zero-order valence-corrected chi connectivity index (χ0v) is 12.4. The molecule has 21 heavy (non-hydrogen) atoms. The van der Waals surface area contributed by atoms with Crippen LogP contribution in [0, 0.1) is 19.7 Å². The van der Waals surface area contributed by atoms with Gasteiger partial charge in [-0.05, 0) is 37.6 Å². The molecule has 0 fully saturated rings. The van der Waals surface area contributed by atoms with Crippen LogP contribution in [0.4, 0.5) is 4.39 Å². The van der Waals surface area contributed by atoms with E-state index in [2.05, 4.69) is 4.98 Å². The minimum absolute atomic E-state index is 0.255. The molecular formula is C15H14FNO3S. The second-order valence-corrected chi connectivity index (χ2v) is 5.72. The van der Waals surface area contributed by atoms with E-state index in [1.807, 2.05) is 13.8 Å². The van der Waals surface area contributed by atoms with E-state index in [4.69, 9.17) is 9.84 Å². The lowest BCUT2D eigenvalue weighted by Gasteiger charge is -2.05. The van der Waals surface area contributed by atoms with Crippen molar-refractivity contribution in [1.29, 1.82) is 0 Å². The van der Waals surface area contributed by atoms with Crippen molar-refractivity contribution >= 4 is 23.4 Å². The minimum Gasteiger partial charge on any atom is -0.486 e. The Morgan fingerprint density at radius 1 is 1.43 bits per heavy atom. The van der Waals surface area contributed by atoms with E-state index < -0.39 is 11.8 Å². The average molecular weight is 307 g/mol. The number of hydrogen-bond acceptors (Lipinski definition) is 4. The Morgan fingerprint density at radius 2 is 2.19 bits per heavy atom. The van der Waals surface area contributed by atoms with Crippen molar-refractivity contribution in [2.24, 2.45) is 0 Å². The Morgan fingerprint density at radius 3 is 2.81 bits per heavy atom. The second-order valence-electron chi connectivity index (χ2n) is 4.43. The van der Waals surface area contributed by atoms with Crippen LogP contribution in [0.15, 0.2) is 24.3 Å². The molecule has 1 N–H and O–H groups in total. The molecule has 1 aromatic heterocycles. The van der Waals surface area contributed by atoms with Gasteiger partial charge in [0.05, 0.1) is 5.69 Å². The van der Waals surface area contributed by atoms with Crippen LogP contribution in [-0.4, -0.2) is 16.1 Å². The Kier molecular flexibility index (Phi) is 4.70. The molecule has 1 aromatic carbocycles. The summed E-state index contributed by atoms with van der Waals surface area (Å²) in [4.78, 5) is 15.9. The van der Waals surface area contributed by atoms with Crippen molar-refractivity contribution in [3.8, 4) is 5.75 Å². The van der Waals surface area contributed by atoms with Crippen molar-refractivity contribution in [1.82, 2.24) is 4.98 Å². The third-order valence-electron chi connectivity index (χ3n) is 2.75. The molecule has 0 unspecified atom stereocenters. The topological polar surface area (TPSA) is 59.4 Å². The van der Waals surface area contributed by atoms with Gasteiger partial charge in [-0.2, -0.15) is 0 Å². The highest BCUT2D eigenvalue weighted by Crippen LogP contribution is 2.21. The molecule has 6 heteroatoms. The SMILES string of the molecule is Cc1nc(COc2cc(F)cc(/C=C/C(=O)O)c2)sc1C. The van der Waals surface area contributed by atoms with Gasteiger partial charge in [-0.3, -0.25) is 0 Å². The molecule has 0 spiro atoms. The molecule has 2 rings (SSSR count). The second kappa shape index (κ2) is 6.49. The molecule has 0 radical (unpaired) electrons. The number of aliphatic carboxylic acids is 1. The van der Waals surface area contributed by atoms with Crippen molar-refractivity contribution < 1.29 is 19.0 Å². The fourth-order valence-electron chi connectivity index (χ4n) is 1.68. The first kappa shape index (κ1) is 15.2. The maximum absolute atomic E-state index is 13.5. The number of aryl methyl sites for hydroxylation is 2. The lowest BCUT2D eigenvalue weighted by Crippen LogP contribution is -1.96. The molecule has 0 saturated carbocycles. The van der Waals surface area contributed by atoms with Crippen LogP contribution in [0.1, 0.15) is 21.1 Å². The number of carboxylic acids is 1. The number of thiazole rings is 1. The molecular weight excluding hydrogens is 293 g/mol. The average Bonchev–Trinajstić information content (AvgIpc) is 2.73. The monoisotopic (exact) mass is 307 g/mol. The molecule has 0 atom stereocenters. The molecule has 4 nitrogen and oxygen atoms in total. The fourth-order valence-corrected chi connectivity index (χ4v) is 2.52. The summed E-state index contributed by atoms with van der Waals surface area (Å²) < 4.78 is 19.0. The van der Waals surface area contributed by atoms with Gasteiger partial charge >= 0.3 is 5.97 Å². The van der Waals surface area contributed by atoms with Crippen molar-refractivity contribution in [3.63, 3.8) is 0 Å². The normalized spacial score (nSPS) is 11.0. The Bertz CT molecular complexity index is 675. The third-order valence-corrected chi connectivity index (χ3v) is 3.79. The Hall–Kier alpha value is -2.21. The molecule has 0 saturated heterocycles. The molecule has 0 bridgehead atoms. The summed E-state index contributed by atoms with van der Waals surface area (Å²) in [6.45, 7) is 4.16. The van der Waals surface area contributed by atoms with E-state index in [-0.39, 0.29) is 6.61 Å². The molecule has 110 valence electrons. The Labute approximate surface area is 125 Å². The first-order chi connectivity index (χ1) is 9.94. The van der Waals surface area contributed by atoms with Gasteiger partial charge in [-0.15, -0.1) is 11.3 Å². The smallest absolute Gasteiger partial charge is 0.328 e. The zero-order chi connectivity index (χ0) is 15.4. The molecule has 0 aliphatic rings. The van der Waals surface area contributed by atoms with Crippen molar-refractivity contribution in [2.75, 3.05) is 0 Å². The highest BCUT2D eigenvalue weighted by atomic mass is 32.1. The van der Waals surface area contributed by atoms with Gasteiger partial charge in [0.1, 0.15) is 23.2 Å². The number of rotatable bonds is 5. The number of aromatic nitrogens is 1. The van der Waals surface area contributed by atoms with Gasteiger partial charge < -0.3 is 9.84 Å². The fraction of sp³-hybridized carbons (Fsp3) is 0.200. The standard InChI is InChI=1S/C15H14FNO3S/c1-9-10(2)21-14(17-9)8-20-13-6-11(3-4-15(18)19)5-12(16)7-13/h3-7H,8H2,1-2H3,(H,18,19)/b4-3+. The maximum atomic E-state index is 13.5. The molecule has 1 heterocycles. The van der Waals surface area contributed by atoms with E-state index >= 15 is 0 Å². The highest BCUT2D eigenvalue weighted by Gasteiger charge is 2.06. The Balaban J connectivity index is 2.10. The quantitative estimate of drug-likeness (QED) is 0.858. The summed E-state index contributed by atoms with van der Waals surface area (Å²) in [5.41, 5.74) is 1.39. The first-order valence-electron chi connectivity index (χ1n) is 6.21. The number of halogens is 1. The molecule has 2 aromatic rings. The molecule has 0 aliphatic heterocycles. The van der Waals surface area contributed by atoms with E-state index in [1.165, 1.54) is 29.5 Å². The van der Waals surface area contributed by atoms with Gasteiger partial charge in [0.2, 0.25) is 0 Å². The summed E-state index contributed by atoms with van der Waals surface area (Å²) >= 11 is 1.53. The van der Waals surface area contributed by atoms with Crippen molar-refractivity contribution in [3.05, 3.63) is 51.2 Å². The summed E-state index contributed by atoms with van der Waals surface area (Å²) in [6, 6.07) is 4.07. The van der Waals surface area contributed by atoms with Crippen LogP contribution in [0.5, 0.6) is 5.75 Å². The van der Waals surface area contributed by atoms with Gasteiger partial charge in [0.15, 0.2) is 0 Å². The summed E-state index contributed by atoms with van der Waals surface area (Å²) in [6.07, 6.45) is 2.27. The summed E-state index contributed by atoms with van der Waals surface area (Å²) in [5, 5.41) is 9.39. The van der Waals surface area contributed by atoms with Crippen LogP contribution in [0.3, 0.4) is 0 Å². The van der Waals surface area contributed by atoms with Crippen LogP contribution >= 0.6 is 11.3 Å². The van der Waals surface area contributed by atoms with Crippen LogP contribution in [0.25, 0.3) is 6.08 Å². The zero-order valence-electron chi connectivity index (χ0n) is 11.6. The van der Waals surface area contributed by atoms with Gasteiger partial charge in [-0.25, -0.2) is 14.2 Å². The van der Waals surface area contributed by atoms with Crippen molar-refractivity contribution in [2.45, 2.75) is 20.5 Å². The highest BCUT2D eigenvalue weighted by molar-refractivity contribution is 7.11. The minimum atomic E-state index is -1.09. The number of benzene rings is 1. The van der Waals surface area contributed by atoms with E-state index in [9.17, 15) is 9.18 Å². The van der Waals surface area contributed by atoms with Crippen LogP contribution in [-0.2, 0) is 11.4 Å². The van der Waals surface area contributed by atoms with Gasteiger partial charge in [-0.1, -0.05) is 0 Å². The molecule has 0 amide bonds. The number of ether oxygens (including phenoxy) is 1. The largest absolute Gasteiger partial charge is 0.486 e. The lowest BCUT2D eigenvalue weighted by atomic mass is 10.2. The lowest BCUT2D eigenvalue weighted by molar-refractivity contribution is -0.131. The molecule has 0 aliphatic carbocycles. The van der Waals surface area contributed by atoms with E-state index in [0.717, 1.165) is 21.7 Å². The number of hydrogen-bond donors (Lipinski definition) is 1. The van der Waals surface area contributed by atoms with Gasteiger partial charge in [0, 0.05) is 17.0 Å². The van der Waals surface area contributed by atoms with E-state index in [1.54, 1.807) is 6.07 Å². The first-order valence-corrected chi connectivity index (χ1v) is 7.03. The number of carbonyl (C=O) groups is 1. The van der Waals surface area contributed by atoms with Gasteiger partial charge in [0.25, 0.3) is 0 Å². The number of carboxylic acid groups (broad SMARTS) is 1.